The van der Waals surface area contributed by atoms with E-state index in [1.807, 2.05) is 24.0 Å². The molecule has 0 aliphatic carbocycles. The predicted octanol–water partition coefficient (Wildman–Crippen LogP) is 2.16. The number of likely N-dealkylation sites (tertiary alicyclic amines) is 1. The standard InChI is InChI=1S/C18H27N5O3.HI/c1-3-19-17(21-13-16(24)23-10-4-5-11-23)20-12-14-6-8-15(9-7-14)22-18(25)26-2;/h6-9H,3-5,10-13H2,1-2H3,(H,22,25)(H2,19,20,21);1H. The summed E-state index contributed by atoms with van der Waals surface area (Å²) in [5.74, 6) is 0.711. The van der Waals surface area contributed by atoms with Gasteiger partial charge in [-0.1, -0.05) is 12.1 Å². The van der Waals surface area contributed by atoms with Crippen molar-refractivity contribution in [2.75, 3.05) is 38.6 Å². The molecule has 27 heavy (non-hydrogen) atoms. The molecule has 0 atom stereocenters. The monoisotopic (exact) mass is 489 g/mol. The van der Waals surface area contributed by atoms with Crippen LogP contribution in [-0.2, 0) is 16.1 Å². The molecule has 1 aromatic carbocycles. The zero-order valence-corrected chi connectivity index (χ0v) is 18.1. The van der Waals surface area contributed by atoms with Crippen LogP contribution in [0.15, 0.2) is 29.3 Å². The van der Waals surface area contributed by atoms with E-state index in [1.54, 1.807) is 12.1 Å². The zero-order chi connectivity index (χ0) is 18.8. The van der Waals surface area contributed by atoms with E-state index in [-0.39, 0.29) is 36.4 Å². The van der Waals surface area contributed by atoms with Crippen LogP contribution in [0.3, 0.4) is 0 Å². The fourth-order valence-corrected chi connectivity index (χ4v) is 2.61. The van der Waals surface area contributed by atoms with Crippen LogP contribution in [0.5, 0.6) is 0 Å². The van der Waals surface area contributed by atoms with Gasteiger partial charge in [0.2, 0.25) is 5.91 Å². The summed E-state index contributed by atoms with van der Waals surface area (Å²) in [7, 11) is 1.32. The van der Waals surface area contributed by atoms with Crippen LogP contribution < -0.4 is 16.0 Å². The van der Waals surface area contributed by atoms with Crippen molar-refractivity contribution in [1.29, 1.82) is 0 Å². The van der Waals surface area contributed by atoms with Gasteiger partial charge in [0.1, 0.15) is 0 Å². The first-order valence-corrected chi connectivity index (χ1v) is 8.86. The van der Waals surface area contributed by atoms with E-state index >= 15 is 0 Å². The van der Waals surface area contributed by atoms with Crippen LogP contribution >= 0.6 is 24.0 Å². The third kappa shape index (κ3) is 8.02. The maximum absolute atomic E-state index is 12.1. The van der Waals surface area contributed by atoms with Crippen molar-refractivity contribution in [3.05, 3.63) is 29.8 Å². The van der Waals surface area contributed by atoms with Gasteiger partial charge in [0.15, 0.2) is 5.96 Å². The van der Waals surface area contributed by atoms with E-state index < -0.39 is 6.09 Å². The molecule has 150 valence electrons. The second-order valence-corrected chi connectivity index (χ2v) is 5.95. The van der Waals surface area contributed by atoms with Gasteiger partial charge < -0.3 is 20.3 Å². The first-order chi connectivity index (χ1) is 12.6. The van der Waals surface area contributed by atoms with Crippen molar-refractivity contribution in [2.24, 2.45) is 4.99 Å². The molecule has 0 saturated carbocycles. The van der Waals surface area contributed by atoms with Gasteiger partial charge in [-0.25, -0.2) is 9.79 Å². The highest BCUT2D eigenvalue weighted by Crippen LogP contribution is 2.10. The molecule has 1 heterocycles. The summed E-state index contributed by atoms with van der Waals surface area (Å²) in [5, 5.41) is 8.82. The van der Waals surface area contributed by atoms with Crippen LogP contribution in [0, 0.1) is 0 Å². The summed E-state index contributed by atoms with van der Waals surface area (Å²) in [5.41, 5.74) is 1.65. The Balaban J connectivity index is 0.00000364. The topological polar surface area (TPSA) is 95.1 Å². The number of hydrogen-bond acceptors (Lipinski definition) is 4. The molecule has 1 aromatic rings. The summed E-state index contributed by atoms with van der Waals surface area (Å²) >= 11 is 0. The van der Waals surface area contributed by atoms with Gasteiger partial charge in [0, 0.05) is 25.3 Å². The molecule has 8 nitrogen and oxygen atoms in total. The Kier molecular flexibility index (Phi) is 10.5. The van der Waals surface area contributed by atoms with Gasteiger partial charge >= 0.3 is 6.09 Å². The third-order valence-electron chi connectivity index (χ3n) is 4.02. The van der Waals surface area contributed by atoms with Crippen LogP contribution in [0.1, 0.15) is 25.3 Å². The lowest BCUT2D eigenvalue weighted by Gasteiger charge is -2.17. The number of ether oxygens (including phenoxy) is 1. The molecule has 0 spiro atoms. The third-order valence-corrected chi connectivity index (χ3v) is 4.02. The molecule has 0 unspecified atom stereocenters. The highest BCUT2D eigenvalue weighted by Gasteiger charge is 2.17. The molecule has 0 radical (unpaired) electrons. The Morgan fingerprint density at radius 3 is 2.41 bits per heavy atom. The first-order valence-electron chi connectivity index (χ1n) is 8.86. The normalized spacial score (nSPS) is 13.6. The quantitative estimate of drug-likeness (QED) is 0.324. The van der Waals surface area contributed by atoms with Crippen LogP contribution in [0.4, 0.5) is 10.5 Å². The number of hydrogen-bond donors (Lipinski definition) is 3. The number of halogens is 1. The zero-order valence-electron chi connectivity index (χ0n) is 15.8. The van der Waals surface area contributed by atoms with Crippen molar-refractivity contribution in [3.8, 4) is 0 Å². The molecule has 1 aliphatic rings. The molecule has 2 amide bonds. The number of benzene rings is 1. The van der Waals surface area contributed by atoms with E-state index in [0.717, 1.165) is 31.5 Å². The number of nitrogens with zero attached hydrogens (tertiary/aromatic N) is 2. The van der Waals surface area contributed by atoms with Crippen molar-refractivity contribution in [3.63, 3.8) is 0 Å². The molecular formula is C18H28IN5O3. The summed E-state index contributed by atoms with van der Waals surface area (Å²) in [6, 6.07) is 7.35. The van der Waals surface area contributed by atoms with Crippen LogP contribution in [0.25, 0.3) is 0 Å². The Bertz CT molecular complexity index is 630. The highest BCUT2D eigenvalue weighted by molar-refractivity contribution is 14.0. The number of rotatable bonds is 6. The number of aliphatic imine (C=N–C) groups is 1. The second-order valence-electron chi connectivity index (χ2n) is 5.95. The van der Waals surface area contributed by atoms with Gasteiger partial charge in [-0.15, -0.1) is 24.0 Å². The number of carbonyl (C=O) groups excluding carboxylic acids is 2. The molecule has 3 N–H and O–H groups in total. The number of amides is 2. The molecule has 1 saturated heterocycles. The van der Waals surface area contributed by atoms with E-state index in [4.69, 9.17) is 0 Å². The average Bonchev–Trinajstić information content (AvgIpc) is 3.19. The van der Waals surface area contributed by atoms with Gasteiger partial charge in [-0.3, -0.25) is 10.1 Å². The Morgan fingerprint density at radius 2 is 1.81 bits per heavy atom. The molecule has 9 heteroatoms. The van der Waals surface area contributed by atoms with E-state index in [1.165, 1.54) is 7.11 Å². The van der Waals surface area contributed by atoms with Crippen molar-refractivity contribution < 1.29 is 14.3 Å². The minimum absolute atomic E-state index is 0. The molecule has 2 rings (SSSR count). The van der Waals surface area contributed by atoms with E-state index in [0.29, 0.717) is 24.7 Å². The summed E-state index contributed by atoms with van der Waals surface area (Å²) in [6.45, 7) is 5.10. The van der Waals surface area contributed by atoms with E-state index in [9.17, 15) is 9.59 Å². The molecular weight excluding hydrogens is 461 g/mol. The summed E-state index contributed by atoms with van der Waals surface area (Å²) < 4.78 is 4.55. The first kappa shape index (κ1) is 23.0. The highest BCUT2D eigenvalue weighted by atomic mass is 127. The van der Waals surface area contributed by atoms with Crippen molar-refractivity contribution >= 4 is 47.6 Å². The summed E-state index contributed by atoms with van der Waals surface area (Å²) in [6.07, 6.45) is 1.67. The molecule has 1 aliphatic heterocycles. The lowest BCUT2D eigenvalue weighted by atomic mass is 10.2. The van der Waals surface area contributed by atoms with Crippen molar-refractivity contribution in [1.82, 2.24) is 15.5 Å². The fraction of sp³-hybridized carbons (Fsp3) is 0.500. The predicted molar refractivity (Wildman–Crippen MR) is 117 cm³/mol. The molecule has 0 aromatic heterocycles. The maximum Gasteiger partial charge on any atom is 0.411 e. The average molecular weight is 489 g/mol. The SMILES string of the molecule is CCNC(=NCc1ccc(NC(=O)OC)cc1)NCC(=O)N1CCCC1.I. The van der Waals surface area contributed by atoms with Gasteiger partial charge in [0.05, 0.1) is 20.2 Å². The van der Waals surface area contributed by atoms with Gasteiger partial charge in [-0.05, 0) is 37.5 Å². The minimum atomic E-state index is -0.503. The number of guanidine groups is 1. The Labute approximate surface area is 177 Å². The Morgan fingerprint density at radius 1 is 1.15 bits per heavy atom. The molecule has 1 fully saturated rings. The van der Waals surface area contributed by atoms with E-state index in [2.05, 4.69) is 25.7 Å². The largest absolute Gasteiger partial charge is 0.453 e. The Hall–Kier alpha value is -2.04. The van der Waals surface area contributed by atoms with Crippen molar-refractivity contribution in [2.45, 2.75) is 26.3 Å². The number of methoxy groups -OCH3 is 1. The van der Waals surface area contributed by atoms with Crippen LogP contribution in [0.2, 0.25) is 0 Å². The lowest BCUT2D eigenvalue weighted by Crippen LogP contribution is -2.44. The minimum Gasteiger partial charge on any atom is -0.453 e. The molecule has 0 bridgehead atoms. The smallest absolute Gasteiger partial charge is 0.411 e. The number of carbonyl (C=O) groups is 2. The maximum atomic E-state index is 12.1. The number of anilines is 1. The fourth-order valence-electron chi connectivity index (χ4n) is 2.61. The summed E-state index contributed by atoms with van der Waals surface area (Å²) in [4.78, 5) is 29.7. The van der Waals surface area contributed by atoms with Crippen LogP contribution in [-0.4, -0.2) is 56.1 Å². The van der Waals surface area contributed by atoms with Gasteiger partial charge in [-0.2, -0.15) is 0 Å². The second kappa shape index (κ2) is 12.4. The van der Waals surface area contributed by atoms with Gasteiger partial charge in [0.25, 0.3) is 0 Å². The lowest BCUT2D eigenvalue weighted by molar-refractivity contribution is -0.128. The number of nitrogens with one attached hydrogen (secondary N) is 3.